The number of carbonyl (C=O) groups is 1. The van der Waals surface area contributed by atoms with Gasteiger partial charge in [-0.2, -0.15) is 0 Å². The molecule has 0 bridgehead atoms. The smallest absolute Gasteiger partial charge is 0.373 e. The fraction of sp³-hybridized carbons (Fsp3) is 0.842. The highest BCUT2D eigenvalue weighted by Gasteiger charge is 2.50. The van der Waals surface area contributed by atoms with Crippen LogP contribution in [0.1, 0.15) is 0 Å². The number of methoxy groups -OCH3 is 7. The standard InChI is InChI=1S/C19H32O11/c1-21-9-12-13(22-2)15(24-4)16(25-5)19(30-12)28-10-8-11(17(20)26-6)29-18(27-7)14(10)23-3/h8,10,12-16,18-19H,9H2,1-7H3. The third kappa shape index (κ3) is 5.29. The number of rotatable bonds is 10. The first kappa shape index (κ1) is 25.0. The van der Waals surface area contributed by atoms with Crippen LogP contribution in [0.3, 0.4) is 0 Å². The molecule has 1 saturated heterocycles. The predicted octanol–water partition coefficient (Wildman–Crippen LogP) is -0.137. The lowest BCUT2D eigenvalue weighted by Gasteiger charge is -2.46. The molecule has 0 N–H and O–H groups in total. The fourth-order valence-corrected chi connectivity index (χ4v) is 3.63. The lowest BCUT2D eigenvalue weighted by Crippen LogP contribution is -2.62. The third-order valence-corrected chi connectivity index (χ3v) is 5.07. The maximum Gasteiger partial charge on any atom is 0.373 e. The quantitative estimate of drug-likeness (QED) is 0.427. The maximum absolute atomic E-state index is 12.0. The van der Waals surface area contributed by atoms with Crippen LogP contribution in [0.4, 0.5) is 0 Å². The minimum Gasteiger partial charge on any atom is -0.463 e. The molecule has 0 radical (unpaired) electrons. The third-order valence-electron chi connectivity index (χ3n) is 5.07. The van der Waals surface area contributed by atoms with Crippen LogP contribution < -0.4 is 0 Å². The Labute approximate surface area is 176 Å². The predicted molar refractivity (Wildman–Crippen MR) is 101 cm³/mol. The zero-order valence-corrected chi connectivity index (χ0v) is 18.4. The average molecular weight is 436 g/mol. The first-order valence-corrected chi connectivity index (χ1v) is 9.40. The van der Waals surface area contributed by atoms with Crippen LogP contribution in [0.25, 0.3) is 0 Å². The summed E-state index contributed by atoms with van der Waals surface area (Å²) in [5.41, 5.74) is 0. The average Bonchev–Trinajstić information content (AvgIpc) is 2.77. The Morgan fingerprint density at radius 3 is 1.97 bits per heavy atom. The largest absolute Gasteiger partial charge is 0.463 e. The second-order valence-corrected chi connectivity index (χ2v) is 6.64. The van der Waals surface area contributed by atoms with Crippen molar-refractivity contribution in [3.63, 3.8) is 0 Å². The molecule has 11 heteroatoms. The van der Waals surface area contributed by atoms with Gasteiger partial charge in [0.2, 0.25) is 12.0 Å². The number of ether oxygens (including phenoxy) is 10. The molecule has 0 aromatic carbocycles. The second-order valence-electron chi connectivity index (χ2n) is 6.64. The van der Waals surface area contributed by atoms with Crippen molar-refractivity contribution in [3.05, 3.63) is 11.8 Å². The maximum atomic E-state index is 12.0. The lowest BCUT2D eigenvalue weighted by atomic mass is 9.98. The van der Waals surface area contributed by atoms with E-state index in [0.29, 0.717) is 0 Å². The molecule has 2 rings (SSSR count). The first-order chi connectivity index (χ1) is 14.5. The molecule has 0 aliphatic carbocycles. The van der Waals surface area contributed by atoms with Crippen molar-refractivity contribution in [1.82, 2.24) is 0 Å². The van der Waals surface area contributed by atoms with Crippen LogP contribution in [0.2, 0.25) is 0 Å². The summed E-state index contributed by atoms with van der Waals surface area (Å²) < 4.78 is 55.4. The first-order valence-electron chi connectivity index (χ1n) is 9.40. The Hall–Kier alpha value is -1.31. The van der Waals surface area contributed by atoms with Crippen LogP contribution >= 0.6 is 0 Å². The van der Waals surface area contributed by atoms with E-state index < -0.39 is 55.2 Å². The van der Waals surface area contributed by atoms with Gasteiger partial charge in [-0.15, -0.1) is 0 Å². The van der Waals surface area contributed by atoms with Crippen molar-refractivity contribution in [2.75, 3.05) is 56.4 Å². The van der Waals surface area contributed by atoms with Crippen LogP contribution in [-0.4, -0.2) is 112 Å². The van der Waals surface area contributed by atoms with E-state index in [9.17, 15) is 4.79 Å². The van der Waals surface area contributed by atoms with Gasteiger partial charge in [-0.25, -0.2) is 4.79 Å². The second kappa shape index (κ2) is 11.9. The summed E-state index contributed by atoms with van der Waals surface area (Å²) in [6.45, 7) is 0.250. The van der Waals surface area contributed by atoms with Gasteiger partial charge in [0.25, 0.3) is 0 Å². The van der Waals surface area contributed by atoms with Crippen LogP contribution in [0.15, 0.2) is 11.8 Å². The topological polar surface area (TPSA) is 109 Å². The molecule has 8 atom stereocenters. The summed E-state index contributed by atoms with van der Waals surface area (Å²) in [7, 11) is 10.4. The Balaban J connectivity index is 2.33. The molecule has 2 heterocycles. The highest BCUT2D eigenvalue weighted by atomic mass is 16.7. The molecule has 0 aromatic rings. The molecular weight excluding hydrogens is 404 g/mol. The summed E-state index contributed by atoms with van der Waals surface area (Å²) >= 11 is 0. The van der Waals surface area contributed by atoms with Gasteiger partial charge >= 0.3 is 5.97 Å². The molecule has 174 valence electrons. The summed E-state index contributed by atoms with van der Waals surface area (Å²) in [6, 6.07) is 0. The van der Waals surface area contributed by atoms with Crippen molar-refractivity contribution < 1.29 is 52.2 Å². The molecule has 8 unspecified atom stereocenters. The van der Waals surface area contributed by atoms with E-state index in [4.69, 9.17) is 47.4 Å². The van der Waals surface area contributed by atoms with E-state index in [2.05, 4.69) is 0 Å². The van der Waals surface area contributed by atoms with Crippen LogP contribution in [0, 0.1) is 0 Å². The molecule has 0 saturated carbocycles. The minimum atomic E-state index is -0.900. The summed E-state index contributed by atoms with van der Waals surface area (Å²) in [5.74, 6) is -0.724. The molecule has 0 amide bonds. The van der Waals surface area contributed by atoms with Crippen LogP contribution in [-0.2, 0) is 52.2 Å². The van der Waals surface area contributed by atoms with E-state index in [0.717, 1.165) is 0 Å². The van der Waals surface area contributed by atoms with Gasteiger partial charge in [-0.3, -0.25) is 0 Å². The van der Waals surface area contributed by atoms with Gasteiger partial charge in [0.15, 0.2) is 6.29 Å². The van der Waals surface area contributed by atoms with E-state index >= 15 is 0 Å². The molecule has 0 spiro atoms. The monoisotopic (exact) mass is 436 g/mol. The fourth-order valence-electron chi connectivity index (χ4n) is 3.63. The summed E-state index contributed by atoms with van der Waals surface area (Å²) in [6.07, 6.45) is -3.85. The molecule has 11 nitrogen and oxygen atoms in total. The van der Waals surface area contributed by atoms with Crippen molar-refractivity contribution in [2.24, 2.45) is 0 Å². The molecular formula is C19H32O11. The molecule has 30 heavy (non-hydrogen) atoms. The van der Waals surface area contributed by atoms with E-state index in [1.54, 1.807) is 21.3 Å². The van der Waals surface area contributed by atoms with Gasteiger partial charge in [-0.1, -0.05) is 0 Å². The highest BCUT2D eigenvalue weighted by Crippen LogP contribution is 2.32. The van der Waals surface area contributed by atoms with Gasteiger partial charge < -0.3 is 47.4 Å². The molecule has 1 fully saturated rings. The van der Waals surface area contributed by atoms with Crippen molar-refractivity contribution >= 4 is 5.97 Å². The van der Waals surface area contributed by atoms with Crippen molar-refractivity contribution in [2.45, 2.75) is 49.2 Å². The lowest BCUT2D eigenvalue weighted by molar-refractivity contribution is -0.331. The van der Waals surface area contributed by atoms with E-state index in [-0.39, 0.29) is 12.4 Å². The zero-order valence-electron chi connectivity index (χ0n) is 18.4. The van der Waals surface area contributed by atoms with Gasteiger partial charge in [0, 0.05) is 42.7 Å². The number of hydrogen-bond acceptors (Lipinski definition) is 11. The Kier molecular flexibility index (Phi) is 9.91. The highest BCUT2D eigenvalue weighted by molar-refractivity contribution is 5.86. The van der Waals surface area contributed by atoms with Crippen molar-refractivity contribution in [3.8, 4) is 0 Å². The molecule has 0 aromatic heterocycles. The normalized spacial score (nSPS) is 36.7. The van der Waals surface area contributed by atoms with E-state index in [1.165, 1.54) is 34.5 Å². The Morgan fingerprint density at radius 1 is 0.833 bits per heavy atom. The SMILES string of the molecule is COCC1OC(OC2C=C(C(=O)OC)OC(OC)C2OC)C(OC)C(OC)C1OC. The Bertz CT molecular complexity index is 569. The number of carbonyl (C=O) groups excluding carboxylic acids is 1. The van der Waals surface area contributed by atoms with E-state index in [1.807, 2.05) is 0 Å². The summed E-state index contributed by atoms with van der Waals surface area (Å²) in [4.78, 5) is 12.0. The number of esters is 1. The number of hydrogen-bond donors (Lipinski definition) is 0. The summed E-state index contributed by atoms with van der Waals surface area (Å²) in [5, 5.41) is 0. The van der Waals surface area contributed by atoms with Gasteiger partial charge in [0.05, 0.1) is 13.7 Å². The molecule has 2 aliphatic heterocycles. The van der Waals surface area contributed by atoms with Crippen molar-refractivity contribution in [1.29, 1.82) is 0 Å². The zero-order chi connectivity index (χ0) is 22.3. The minimum absolute atomic E-state index is 0.0565. The van der Waals surface area contributed by atoms with Crippen LogP contribution in [0.5, 0.6) is 0 Å². The molecule has 2 aliphatic rings. The van der Waals surface area contributed by atoms with Gasteiger partial charge in [-0.05, 0) is 6.08 Å². The van der Waals surface area contributed by atoms with Gasteiger partial charge in [0.1, 0.15) is 36.6 Å². The Morgan fingerprint density at radius 2 is 1.47 bits per heavy atom.